The molecular formula is C19H24N10. The van der Waals surface area contributed by atoms with Crippen molar-refractivity contribution in [2.45, 2.75) is 50.4 Å². The molecule has 4 heterocycles. The normalized spacial score (nSPS) is 19.0. The lowest BCUT2D eigenvalue weighted by Gasteiger charge is -2.16. The Bertz CT molecular complexity index is 939. The standard InChI is InChI=1S/C19H24N10/c1-2-8-29(7-1)19-23-17(20-15-9-13(25-27-15)11-3-4-11)22-18(24-19)21-16-10-14(26-28-16)12-5-6-12/h9-12H,1-8H2,(H4,20,21,22,23,24,25,26,27,28). The van der Waals surface area contributed by atoms with Gasteiger partial charge in [0, 0.05) is 48.4 Å². The molecular weight excluding hydrogens is 368 g/mol. The lowest BCUT2D eigenvalue weighted by Crippen LogP contribution is -2.22. The fourth-order valence-electron chi connectivity index (χ4n) is 3.77. The molecule has 29 heavy (non-hydrogen) atoms. The highest BCUT2D eigenvalue weighted by Crippen LogP contribution is 2.40. The molecule has 0 unspecified atom stereocenters. The zero-order valence-electron chi connectivity index (χ0n) is 16.1. The molecule has 2 aliphatic carbocycles. The minimum absolute atomic E-state index is 0.483. The quantitative estimate of drug-likeness (QED) is 0.483. The van der Waals surface area contributed by atoms with Crippen LogP contribution in [0.3, 0.4) is 0 Å². The smallest absolute Gasteiger partial charge is 0.235 e. The Morgan fingerprint density at radius 3 is 1.76 bits per heavy atom. The summed E-state index contributed by atoms with van der Waals surface area (Å²) < 4.78 is 0. The largest absolute Gasteiger partial charge is 0.341 e. The fourth-order valence-corrected chi connectivity index (χ4v) is 3.77. The number of nitrogens with zero attached hydrogens (tertiary/aromatic N) is 6. The van der Waals surface area contributed by atoms with Crippen LogP contribution in [0, 0.1) is 0 Å². The van der Waals surface area contributed by atoms with E-state index in [1.807, 2.05) is 12.1 Å². The van der Waals surface area contributed by atoms with Gasteiger partial charge in [-0.05, 0) is 38.5 Å². The number of nitrogens with one attached hydrogen (secondary N) is 4. The Balaban J connectivity index is 1.27. The maximum Gasteiger partial charge on any atom is 0.235 e. The molecule has 1 saturated heterocycles. The molecule has 4 N–H and O–H groups in total. The highest BCUT2D eigenvalue weighted by atomic mass is 15.4. The van der Waals surface area contributed by atoms with Crippen molar-refractivity contribution in [1.29, 1.82) is 0 Å². The lowest BCUT2D eigenvalue weighted by atomic mass is 10.3. The summed E-state index contributed by atoms with van der Waals surface area (Å²) >= 11 is 0. The number of rotatable bonds is 7. The van der Waals surface area contributed by atoms with E-state index in [1.165, 1.54) is 37.1 Å². The number of hydrogen-bond donors (Lipinski definition) is 4. The summed E-state index contributed by atoms with van der Waals surface area (Å²) in [7, 11) is 0. The molecule has 0 bridgehead atoms. The average Bonchev–Trinajstić information content (AvgIpc) is 3.59. The van der Waals surface area contributed by atoms with Crippen molar-refractivity contribution in [2.24, 2.45) is 0 Å². The first-order chi connectivity index (χ1) is 14.3. The van der Waals surface area contributed by atoms with Gasteiger partial charge in [0.15, 0.2) is 11.6 Å². The van der Waals surface area contributed by atoms with Gasteiger partial charge in [0.2, 0.25) is 17.8 Å². The van der Waals surface area contributed by atoms with Crippen LogP contribution in [-0.4, -0.2) is 48.4 Å². The fraction of sp³-hybridized carbons (Fsp3) is 0.526. The highest BCUT2D eigenvalue weighted by Gasteiger charge is 2.27. The molecule has 0 amide bonds. The molecule has 2 saturated carbocycles. The average molecular weight is 392 g/mol. The first-order valence-corrected chi connectivity index (χ1v) is 10.5. The highest BCUT2D eigenvalue weighted by molar-refractivity contribution is 5.56. The Hall–Kier alpha value is -3.17. The topological polar surface area (TPSA) is 123 Å². The zero-order chi connectivity index (χ0) is 19.2. The van der Waals surface area contributed by atoms with Crippen molar-refractivity contribution in [2.75, 3.05) is 28.6 Å². The van der Waals surface area contributed by atoms with Crippen LogP contribution in [0.1, 0.15) is 61.7 Å². The SMILES string of the molecule is c1c(Nc2nc(Nc3cc(C4CC4)[nH]n3)nc(N3CCCC3)n2)n[nH]c1C1CC1. The van der Waals surface area contributed by atoms with E-state index in [2.05, 4.69) is 50.9 Å². The second-order valence-electron chi connectivity index (χ2n) is 8.19. The Morgan fingerprint density at radius 2 is 1.28 bits per heavy atom. The maximum absolute atomic E-state index is 4.64. The third kappa shape index (κ3) is 3.62. The van der Waals surface area contributed by atoms with E-state index < -0.39 is 0 Å². The molecule has 0 atom stereocenters. The molecule has 3 aromatic rings. The molecule has 1 aliphatic heterocycles. The predicted molar refractivity (Wildman–Crippen MR) is 109 cm³/mol. The molecule has 0 spiro atoms. The van der Waals surface area contributed by atoms with Crippen molar-refractivity contribution < 1.29 is 0 Å². The van der Waals surface area contributed by atoms with Crippen LogP contribution < -0.4 is 15.5 Å². The van der Waals surface area contributed by atoms with Gasteiger partial charge in [0.05, 0.1) is 0 Å². The summed E-state index contributed by atoms with van der Waals surface area (Å²) in [5.74, 6) is 4.34. The number of H-pyrrole nitrogens is 2. The van der Waals surface area contributed by atoms with Crippen molar-refractivity contribution in [1.82, 2.24) is 35.3 Å². The van der Waals surface area contributed by atoms with Gasteiger partial charge >= 0.3 is 0 Å². The minimum atomic E-state index is 0.483. The summed E-state index contributed by atoms with van der Waals surface area (Å²) in [6.07, 6.45) is 7.23. The molecule has 150 valence electrons. The van der Waals surface area contributed by atoms with Crippen LogP contribution in [0.25, 0.3) is 0 Å². The predicted octanol–water partition coefficient (Wildman–Crippen LogP) is 3.16. The monoisotopic (exact) mass is 392 g/mol. The number of aromatic nitrogens is 7. The van der Waals surface area contributed by atoms with E-state index in [0.717, 1.165) is 37.6 Å². The third-order valence-electron chi connectivity index (χ3n) is 5.72. The van der Waals surface area contributed by atoms with Gasteiger partial charge in [-0.2, -0.15) is 25.1 Å². The summed E-state index contributed by atoms with van der Waals surface area (Å²) in [6, 6.07) is 4.08. The van der Waals surface area contributed by atoms with E-state index in [1.54, 1.807) is 0 Å². The molecule has 3 aromatic heterocycles. The molecule has 3 aliphatic rings. The van der Waals surface area contributed by atoms with E-state index >= 15 is 0 Å². The molecule has 0 aromatic carbocycles. The molecule has 3 fully saturated rings. The van der Waals surface area contributed by atoms with Crippen LogP contribution in [0.5, 0.6) is 0 Å². The molecule has 10 nitrogen and oxygen atoms in total. The molecule has 0 radical (unpaired) electrons. The van der Waals surface area contributed by atoms with E-state index in [0.29, 0.717) is 29.7 Å². The van der Waals surface area contributed by atoms with Crippen molar-refractivity contribution in [3.8, 4) is 0 Å². The summed E-state index contributed by atoms with van der Waals surface area (Å²) in [4.78, 5) is 16.0. The summed E-state index contributed by atoms with van der Waals surface area (Å²) in [5.41, 5.74) is 2.34. The van der Waals surface area contributed by atoms with Gasteiger partial charge < -0.3 is 15.5 Å². The second-order valence-corrected chi connectivity index (χ2v) is 8.19. The summed E-state index contributed by atoms with van der Waals surface area (Å²) in [6.45, 7) is 1.93. The Kier molecular flexibility index (Phi) is 3.88. The first-order valence-electron chi connectivity index (χ1n) is 10.5. The van der Waals surface area contributed by atoms with Gasteiger partial charge in [0.1, 0.15) is 0 Å². The van der Waals surface area contributed by atoms with Gasteiger partial charge in [-0.3, -0.25) is 10.2 Å². The number of aromatic amines is 2. The van der Waals surface area contributed by atoms with Crippen LogP contribution in [0.15, 0.2) is 12.1 Å². The van der Waals surface area contributed by atoms with Crippen LogP contribution in [0.4, 0.5) is 29.5 Å². The van der Waals surface area contributed by atoms with Gasteiger partial charge in [0.25, 0.3) is 0 Å². The van der Waals surface area contributed by atoms with Crippen molar-refractivity contribution in [3.63, 3.8) is 0 Å². The minimum Gasteiger partial charge on any atom is -0.341 e. The maximum atomic E-state index is 4.64. The lowest BCUT2D eigenvalue weighted by molar-refractivity contribution is 0.884. The second kappa shape index (κ2) is 6.71. The van der Waals surface area contributed by atoms with Crippen molar-refractivity contribution in [3.05, 3.63) is 23.5 Å². The van der Waals surface area contributed by atoms with E-state index in [4.69, 9.17) is 0 Å². The summed E-state index contributed by atoms with van der Waals surface area (Å²) in [5, 5.41) is 21.4. The zero-order valence-corrected chi connectivity index (χ0v) is 16.1. The molecule has 10 heteroatoms. The number of anilines is 5. The van der Waals surface area contributed by atoms with Crippen LogP contribution >= 0.6 is 0 Å². The van der Waals surface area contributed by atoms with Gasteiger partial charge in [-0.25, -0.2) is 0 Å². The van der Waals surface area contributed by atoms with Gasteiger partial charge in [-0.15, -0.1) is 0 Å². The Labute approximate surface area is 167 Å². The van der Waals surface area contributed by atoms with Gasteiger partial charge in [-0.1, -0.05) is 0 Å². The Morgan fingerprint density at radius 1 is 0.759 bits per heavy atom. The van der Waals surface area contributed by atoms with Crippen LogP contribution in [0.2, 0.25) is 0 Å². The first kappa shape index (κ1) is 16.8. The van der Waals surface area contributed by atoms with E-state index in [9.17, 15) is 0 Å². The molecule has 6 rings (SSSR count). The third-order valence-corrected chi connectivity index (χ3v) is 5.72. The number of hydrogen-bond acceptors (Lipinski definition) is 8. The van der Waals surface area contributed by atoms with E-state index in [-0.39, 0.29) is 0 Å². The van der Waals surface area contributed by atoms with Crippen LogP contribution in [-0.2, 0) is 0 Å². The van der Waals surface area contributed by atoms with Crippen molar-refractivity contribution >= 4 is 29.5 Å².